The normalized spacial score (nSPS) is 10.8. The molecule has 2 aromatic carbocycles. The van der Waals surface area contributed by atoms with Crippen LogP contribution in [0.25, 0.3) is 5.69 Å². The third-order valence-corrected chi connectivity index (χ3v) is 5.38. The summed E-state index contributed by atoms with van der Waals surface area (Å²) in [6.07, 6.45) is 2.24. The van der Waals surface area contributed by atoms with Crippen LogP contribution in [0.15, 0.2) is 42.6 Å². The van der Waals surface area contributed by atoms with Crippen LogP contribution in [-0.4, -0.2) is 40.1 Å². The first-order valence-electron chi connectivity index (χ1n) is 10.5. The van der Waals surface area contributed by atoms with Crippen molar-refractivity contribution in [3.05, 3.63) is 76.1 Å². The van der Waals surface area contributed by atoms with Crippen molar-refractivity contribution in [1.29, 1.82) is 0 Å². The lowest BCUT2D eigenvalue weighted by molar-refractivity contribution is -0.116. The van der Waals surface area contributed by atoms with E-state index < -0.39 is 0 Å². The summed E-state index contributed by atoms with van der Waals surface area (Å²) in [5.41, 5.74) is 7.38. The number of aryl methyl sites for hydroxylation is 4. The summed E-state index contributed by atoms with van der Waals surface area (Å²) < 4.78 is 1.79. The molecule has 31 heavy (non-hydrogen) atoms. The highest BCUT2D eigenvalue weighted by atomic mass is 16.2. The van der Waals surface area contributed by atoms with E-state index in [2.05, 4.69) is 10.4 Å². The zero-order valence-electron chi connectivity index (χ0n) is 19.1. The van der Waals surface area contributed by atoms with Crippen LogP contribution in [0.2, 0.25) is 0 Å². The van der Waals surface area contributed by atoms with Gasteiger partial charge in [0.2, 0.25) is 5.91 Å². The lowest BCUT2D eigenvalue weighted by Crippen LogP contribution is -2.35. The van der Waals surface area contributed by atoms with E-state index in [1.54, 1.807) is 17.9 Å². The molecule has 6 heteroatoms. The molecule has 162 valence electrons. The Kier molecular flexibility index (Phi) is 6.59. The van der Waals surface area contributed by atoms with Gasteiger partial charge in [-0.25, -0.2) is 4.68 Å². The second-order valence-corrected chi connectivity index (χ2v) is 8.09. The van der Waals surface area contributed by atoms with Gasteiger partial charge < -0.3 is 10.2 Å². The van der Waals surface area contributed by atoms with Gasteiger partial charge in [0.05, 0.1) is 29.7 Å². The van der Waals surface area contributed by atoms with Crippen molar-refractivity contribution in [2.45, 2.75) is 41.0 Å². The van der Waals surface area contributed by atoms with E-state index in [0.717, 1.165) is 39.3 Å². The summed E-state index contributed by atoms with van der Waals surface area (Å²) in [4.78, 5) is 27.2. The minimum atomic E-state index is -0.227. The number of likely N-dealkylation sites (N-methyl/N-ethyl adjacent to an activating group) is 1. The highest BCUT2D eigenvalue weighted by Gasteiger charge is 2.22. The number of nitrogens with one attached hydrogen (secondary N) is 1. The van der Waals surface area contributed by atoms with Gasteiger partial charge in [0.15, 0.2) is 0 Å². The predicted octanol–water partition coefficient (Wildman–Crippen LogP) is 4.38. The first-order valence-corrected chi connectivity index (χ1v) is 10.5. The molecule has 0 aliphatic carbocycles. The van der Waals surface area contributed by atoms with Gasteiger partial charge >= 0.3 is 0 Å². The molecule has 0 bridgehead atoms. The number of benzene rings is 2. The second-order valence-electron chi connectivity index (χ2n) is 8.09. The number of hydrogen-bond acceptors (Lipinski definition) is 3. The number of rotatable bonds is 6. The second kappa shape index (κ2) is 9.16. The molecule has 0 spiro atoms. The van der Waals surface area contributed by atoms with Crippen LogP contribution < -0.4 is 5.32 Å². The maximum atomic E-state index is 13.1. The number of hydrogen-bond donors (Lipinski definition) is 1. The van der Waals surface area contributed by atoms with E-state index in [0.29, 0.717) is 12.0 Å². The number of aromatic nitrogens is 2. The van der Waals surface area contributed by atoms with E-state index in [1.807, 2.05) is 71.0 Å². The third-order valence-electron chi connectivity index (χ3n) is 5.38. The van der Waals surface area contributed by atoms with Gasteiger partial charge in [0, 0.05) is 12.7 Å². The van der Waals surface area contributed by atoms with E-state index >= 15 is 0 Å². The maximum absolute atomic E-state index is 13.1. The van der Waals surface area contributed by atoms with Gasteiger partial charge in [-0.05, 0) is 57.4 Å². The number of anilines is 1. The fraction of sp³-hybridized carbons (Fsp3) is 0.320. The van der Waals surface area contributed by atoms with E-state index in [4.69, 9.17) is 0 Å². The number of carbonyl (C=O) groups is 2. The van der Waals surface area contributed by atoms with Crippen molar-refractivity contribution in [1.82, 2.24) is 14.7 Å². The Labute approximate surface area is 183 Å². The Morgan fingerprint density at radius 1 is 1.00 bits per heavy atom. The van der Waals surface area contributed by atoms with Crippen molar-refractivity contribution in [2.24, 2.45) is 0 Å². The summed E-state index contributed by atoms with van der Waals surface area (Å²) in [6, 6.07) is 12.1. The summed E-state index contributed by atoms with van der Waals surface area (Å²) in [5.74, 6) is -0.447. The molecule has 0 fully saturated rings. The highest BCUT2D eigenvalue weighted by Crippen LogP contribution is 2.22. The Morgan fingerprint density at radius 2 is 1.61 bits per heavy atom. The predicted molar refractivity (Wildman–Crippen MR) is 124 cm³/mol. The fourth-order valence-electron chi connectivity index (χ4n) is 3.85. The summed E-state index contributed by atoms with van der Waals surface area (Å²) >= 11 is 0. The minimum Gasteiger partial charge on any atom is -0.332 e. The van der Waals surface area contributed by atoms with Gasteiger partial charge in [-0.2, -0.15) is 5.10 Å². The standard InChI is InChI=1S/C25H30N4O2/c1-7-22-21(14-26-29(22)20-10-8-16(2)9-11-20)25(31)28(6)15-23(30)27-24-18(4)12-17(3)13-19(24)5/h8-14H,7,15H2,1-6H3,(H,27,30). The van der Waals surface area contributed by atoms with Crippen LogP contribution in [0, 0.1) is 27.7 Å². The van der Waals surface area contributed by atoms with Gasteiger partial charge in [-0.3, -0.25) is 9.59 Å². The zero-order chi connectivity index (χ0) is 22.7. The van der Waals surface area contributed by atoms with Crippen molar-refractivity contribution >= 4 is 17.5 Å². The minimum absolute atomic E-state index is 0.0372. The Hall–Kier alpha value is -3.41. The molecule has 6 nitrogen and oxygen atoms in total. The first kappa shape index (κ1) is 22.3. The first-order chi connectivity index (χ1) is 14.7. The molecule has 0 saturated heterocycles. The summed E-state index contributed by atoms with van der Waals surface area (Å²) in [5, 5.41) is 7.39. The Morgan fingerprint density at radius 3 is 2.19 bits per heavy atom. The fourth-order valence-corrected chi connectivity index (χ4v) is 3.85. The third kappa shape index (κ3) is 4.85. The smallest absolute Gasteiger partial charge is 0.257 e. The average molecular weight is 419 g/mol. The quantitative estimate of drug-likeness (QED) is 0.646. The molecule has 0 aliphatic heterocycles. The van der Waals surface area contributed by atoms with Gasteiger partial charge in [0.25, 0.3) is 5.91 Å². The molecule has 3 aromatic rings. The van der Waals surface area contributed by atoms with Gasteiger partial charge in [-0.15, -0.1) is 0 Å². The lowest BCUT2D eigenvalue weighted by atomic mass is 10.1. The van der Waals surface area contributed by atoms with Crippen molar-refractivity contribution < 1.29 is 9.59 Å². The molecular weight excluding hydrogens is 388 g/mol. The monoisotopic (exact) mass is 418 g/mol. The van der Waals surface area contributed by atoms with E-state index in [9.17, 15) is 9.59 Å². The lowest BCUT2D eigenvalue weighted by Gasteiger charge is -2.19. The van der Waals surface area contributed by atoms with Gasteiger partial charge in [0.1, 0.15) is 0 Å². The number of amides is 2. The number of carbonyl (C=O) groups excluding carboxylic acids is 2. The molecule has 1 N–H and O–H groups in total. The van der Waals surface area contributed by atoms with Crippen molar-refractivity contribution in [3.63, 3.8) is 0 Å². The molecule has 0 aliphatic rings. The van der Waals surface area contributed by atoms with Crippen LogP contribution in [0.4, 0.5) is 5.69 Å². The van der Waals surface area contributed by atoms with Crippen LogP contribution >= 0.6 is 0 Å². The molecular formula is C25H30N4O2. The van der Waals surface area contributed by atoms with E-state index in [-0.39, 0.29) is 18.4 Å². The number of nitrogens with zero attached hydrogens (tertiary/aromatic N) is 3. The summed E-state index contributed by atoms with van der Waals surface area (Å²) in [7, 11) is 1.64. The van der Waals surface area contributed by atoms with Crippen LogP contribution in [0.1, 0.15) is 45.2 Å². The Balaban J connectivity index is 1.76. The molecule has 3 rings (SSSR count). The van der Waals surface area contributed by atoms with Crippen LogP contribution in [0.3, 0.4) is 0 Å². The molecule has 0 atom stereocenters. The molecule has 0 saturated carbocycles. The zero-order valence-corrected chi connectivity index (χ0v) is 19.1. The topological polar surface area (TPSA) is 67.2 Å². The molecule has 2 amide bonds. The van der Waals surface area contributed by atoms with Crippen LogP contribution in [-0.2, 0) is 11.2 Å². The van der Waals surface area contributed by atoms with Crippen LogP contribution in [0.5, 0.6) is 0 Å². The maximum Gasteiger partial charge on any atom is 0.257 e. The average Bonchev–Trinajstić information content (AvgIpc) is 3.14. The molecule has 1 heterocycles. The van der Waals surface area contributed by atoms with Crippen molar-refractivity contribution in [3.8, 4) is 5.69 Å². The SMILES string of the molecule is CCc1c(C(=O)N(C)CC(=O)Nc2c(C)cc(C)cc2C)cnn1-c1ccc(C)cc1. The molecule has 0 radical (unpaired) electrons. The largest absolute Gasteiger partial charge is 0.332 e. The molecule has 0 unspecified atom stereocenters. The van der Waals surface area contributed by atoms with E-state index in [1.165, 1.54) is 4.90 Å². The van der Waals surface area contributed by atoms with Crippen molar-refractivity contribution in [2.75, 3.05) is 18.9 Å². The Bertz CT molecular complexity index is 1090. The molecule has 1 aromatic heterocycles. The highest BCUT2D eigenvalue weighted by molar-refractivity contribution is 6.00. The summed E-state index contributed by atoms with van der Waals surface area (Å²) in [6.45, 7) is 9.95. The van der Waals surface area contributed by atoms with Gasteiger partial charge in [-0.1, -0.05) is 42.3 Å².